The van der Waals surface area contributed by atoms with E-state index < -0.39 is 0 Å². The number of rotatable bonds is 5. The van der Waals surface area contributed by atoms with Gasteiger partial charge in [-0.05, 0) is 53.8 Å². The van der Waals surface area contributed by atoms with E-state index in [0.717, 1.165) is 16.9 Å². The van der Waals surface area contributed by atoms with Crippen LogP contribution in [0.15, 0.2) is 48.5 Å². The first kappa shape index (κ1) is 14.6. The first-order valence-corrected chi connectivity index (χ1v) is 6.87. The van der Waals surface area contributed by atoms with Crippen molar-refractivity contribution in [1.29, 1.82) is 0 Å². The van der Waals surface area contributed by atoms with Gasteiger partial charge in [0.1, 0.15) is 5.75 Å². The summed E-state index contributed by atoms with van der Waals surface area (Å²) in [4.78, 5) is 11.8. The molecule has 2 aromatic carbocycles. The van der Waals surface area contributed by atoms with Crippen molar-refractivity contribution in [1.82, 2.24) is 0 Å². The molecule has 0 N–H and O–H groups in total. The zero-order chi connectivity index (χ0) is 14.5. The lowest BCUT2D eigenvalue weighted by Crippen LogP contribution is -2.11. The second kappa shape index (κ2) is 6.58. The molecule has 1 unspecified atom stereocenters. The first-order chi connectivity index (χ1) is 9.61. The summed E-state index contributed by atoms with van der Waals surface area (Å²) in [7, 11) is 1.61. The van der Waals surface area contributed by atoms with Crippen molar-refractivity contribution in [2.75, 3.05) is 7.11 Å². The maximum atomic E-state index is 11.8. The second-order valence-corrected chi connectivity index (χ2v) is 5.14. The first-order valence-electron chi connectivity index (χ1n) is 6.49. The van der Waals surface area contributed by atoms with Crippen LogP contribution in [0, 0.1) is 6.92 Å². The molecule has 0 saturated carbocycles. The van der Waals surface area contributed by atoms with Crippen LogP contribution in [0.25, 0.3) is 0 Å². The normalized spacial score (nSPS) is 11.9. The quantitative estimate of drug-likeness (QED) is 0.775. The molecule has 0 radical (unpaired) electrons. The zero-order valence-electron chi connectivity index (χ0n) is 11.6. The molecular formula is C17H17ClO2. The van der Waals surface area contributed by atoms with Crippen LogP contribution in [-0.4, -0.2) is 12.4 Å². The molecule has 104 valence electrons. The largest absolute Gasteiger partial charge is 0.497 e. The van der Waals surface area contributed by atoms with Crippen molar-refractivity contribution in [2.24, 2.45) is 0 Å². The standard InChI is InChI=1S/C17H17ClO2/c1-12-6-3-4-7-13(12)11-16(17(18)19)14-8-5-9-15(10-14)20-2/h3-10,16H,11H2,1-2H3. The topological polar surface area (TPSA) is 26.3 Å². The van der Waals surface area contributed by atoms with Crippen LogP contribution in [-0.2, 0) is 11.2 Å². The van der Waals surface area contributed by atoms with E-state index in [1.807, 2.05) is 55.5 Å². The summed E-state index contributed by atoms with van der Waals surface area (Å²) in [5.41, 5.74) is 3.18. The van der Waals surface area contributed by atoms with Crippen molar-refractivity contribution >= 4 is 16.8 Å². The number of ether oxygens (including phenoxy) is 1. The van der Waals surface area contributed by atoms with Crippen LogP contribution >= 0.6 is 11.6 Å². The van der Waals surface area contributed by atoms with Crippen LogP contribution in [0.4, 0.5) is 0 Å². The van der Waals surface area contributed by atoms with E-state index in [2.05, 4.69) is 0 Å². The van der Waals surface area contributed by atoms with E-state index in [0.29, 0.717) is 6.42 Å². The van der Waals surface area contributed by atoms with Gasteiger partial charge in [-0.1, -0.05) is 36.4 Å². The van der Waals surface area contributed by atoms with Crippen molar-refractivity contribution in [3.63, 3.8) is 0 Å². The van der Waals surface area contributed by atoms with Gasteiger partial charge in [-0.3, -0.25) is 4.79 Å². The van der Waals surface area contributed by atoms with Gasteiger partial charge in [-0.2, -0.15) is 0 Å². The molecule has 2 rings (SSSR count). The number of methoxy groups -OCH3 is 1. The van der Waals surface area contributed by atoms with Crippen LogP contribution in [0.3, 0.4) is 0 Å². The lowest BCUT2D eigenvalue weighted by atomic mass is 9.91. The van der Waals surface area contributed by atoms with Crippen LogP contribution < -0.4 is 4.74 Å². The molecule has 20 heavy (non-hydrogen) atoms. The Kier molecular flexibility index (Phi) is 4.80. The van der Waals surface area contributed by atoms with Crippen molar-refractivity contribution in [2.45, 2.75) is 19.3 Å². The number of carbonyl (C=O) groups excluding carboxylic acids is 1. The monoisotopic (exact) mass is 288 g/mol. The average Bonchev–Trinajstić information content (AvgIpc) is 2.46. The summed E-state index contributed by atoms with van der Waals surface area (Å²) in [5.74, 6) is 0.378. The van der Waals surface area contributed by atoms with E-state index in [-0.39, 0.29) is 11.2 Å². The van der Waals surface area contributed by atoms with Gasteiger partial charge < -0.3 is 4.74 Å². The van der Waals surface area contributed by atoms with Gasteiger partial charge in [0.15, 0.2) is 0 Å². The van der Waals surface area contributed by atoms with Gasteiger partial charge in [0, 0.05) is 0 Å². The summed E-state index contributed by atoms with van der Waals surface area (Å²) in [6.07, 6.45) is 0.599. The molecule has 0 heterocycles. The Balaban J connectivity index is 2.32. The molecule has 0 spiro atoms. The van der Waals surface area contributed by atoms with Crippen LogP contribution in [0.2, 0.25) is 0 Å². The van der Waals surface area contributed by atoms with Crippen LogP contribution in [0.5, 0.6) is 5.75 Å². The van der Waals surface area contributed by atoms with E-state index >= 15 is 0 Å². The molecule has 0 fully saturated rings. The molecule has 0 bridgehead atoms. The van der Waals surface area contributed by atoms with Gasteiger partial charge in [-0.25, -0.2) is 0 Å². The summed E-state index contributed by atoms with van der Waals surface area (Å²) >= 11 is 5.80. The predicted octanol–water partition coefficient (Wildman–Crippen LogP) is 4.10. The minimum Gasteiger partial charge on any atom is -0.497 e. The summed E-state index contributed by atoms with van der Waals surface area (Å²) in [5, 5.41) is -0.346. The molecule has 0 aliphatic carbocycles. The van der Waals surface area contributed by atoms with Crippen LogP contribution in [0.1, 0.15) is 22.6 Å². The Morgan fingerprint density at radius 3 is 2.60 bits per heavy atom. The molecule has 1 atom stereocenters. The lowest BCUT2D eigenvalue weighted by molar-refractivity contribution is -0.113. The molecule has 0 aliphatic rings. The minimum absolute atomic E-state index is 0.346. The van der Waals surface area contributed by atoms with E-state index in [9.17, 15) is 4.79 Å². The SMILES string of the molecule is COc1cccc(C(Cc2ccccc2C)C(=O)Cl)c1. The number of halogens is 1. The third-order valence-corrected chi connectivity index (χ3v) is 3.72. The molecular weight excluding hydrogens is 272 g/mol. The van der Waals surface area contributed by atoms with E-state index in [1.54, 1.807) is 7.11 Å². The fourth-order valence-electron chi connectivity index (χ4n) is 2.25. The Labute approximate surface area is 124 Å². The van der Waals surface area contributed by atoms with Crippen molar-refractivity contribution < 1.29 is 9.53 Å². The van der Waals surface area contributed by atoms with Gasteiger partial charge in [0.25, 0.3) is 0 Å². The molecule has 3 heteroatoms. The highest BCUT2D eigenvalue weighted by molar-refractivity contribution is 6.64. The third kappa shape index (κ3) is 3.40. The third-order valence-electron chi connectivity index (χ3n) is 3.46. The smallest absolute Gasteiger partial charge is 0.229 e. The Morgan fingerprint density at radius 2 is 1.95 bits per heavy atom. The Morgan fingerprint density at radius 1 is 1.20 bits per heavy atom. The highest BCUT2D eigenvalue weighted by atomic mass is 35.5. The Bertz CT molecular complexity index is 607. The number of benzene rings is 2. The van der Waals surface area contributed by atoms with E-state index in [1.165, 1.54) is 5.56 Å². The maximum absolute atomic E-state index is 11.8. The van der Waals surface area contributed by atoms with Gasteiger partial charge in [0.05, 0.1) is 13.0 Å². The number of hydrogen-bond donors (Lipinski definition) is 0. The summed E-state index contributed by atoms with van der Waals surface area (Å²) in [6.45, 7) is 2.04. The highest BCUT2D eigenvalue weighted by Gasteiger charge is 2.20. The van der Waals surface area contributed by atoms with Gasteiger partial charge in [-0.15, -0.1) is 0 Å². The summed E-state index contributed by atoms with van der Waals surface area (Å²) in [6, 6.07) is 15.5. The number of hydrogen-bond acceptors (Lipinski definition) is 2. The molecule has 0 amide bonds. The molecule has 0 aromatic heterocycles. The number of carbonyl (C=O) groups is 1. The zero-order valence-corrected chi connectivity index (χ0v) is 12.4. The van der Waals surface area contributed by atoms with Crippen molar-refractivity contribution in [3.05, 3.63) is 65.2 Å². The lowest BCUT2D eigenvalue weighted by Gasteiger charge is -2.15. The average molecular weight is 289 g/mol. The molecule has 0 aliphatic heterocycles. The molecule has 2 aromatic rings. The predicted molar refractivity (Wildman–Crippen MR) is 81.5 cm³/mol. The van der Waals surface area contributed by atoms with Gasteiger partial charge in [0.2, 0.25) is 5.24 Å². The highest BCUT2D eigenvalue weighted by Crippen LogP contribution is 2.27. The fourth-order valence-corrected chi connectivity index (χ4v) is 2.45. The Hall–Kier alpha value is -1.80. The summed E-state index contributed by atoms with van der Waals surface area (Å²) < 4.78 is 5.20. The van der Waals surface area contributed by atoms with Crippen molar-refractivity contribution in [3.8, 4) is 5.75 Å². The fraction of sp³-hybridized carbons (Fsp3) is 0.235. The molecule has 2 nitrogen and oxygen atoms in total. The maximum Gasteiger partial charge on any atom is 0.229 e. The number of aryl methyl sites for hydroxylation is 1. The molecule has 0 saturated heterocycles. The minimum atomic E-state index is -0.354. The second-order valence-electron chi connectivity index (χ2n) is 4.76. The van der Waals surface area contributed by atoms with Gasteiger partial charge >= 0.3 is 0 Å². The van der Waals surface area contributed by atoms with E-state index in [4.69, 9.17) is 16.3 Å².